The van der Waals surface area contributed by atoms with E-state index in [1.54, 1.807) is 60.7 Å². The molecule has 8 aromatic rings. The minimum absolute atomic E-state index is 0.0382. The fraction of sp³-hybridized carbons (Fsp3) is 0.0862. The van der Waals surface area contributed by atoms with Gasteiger partial charge in [-0.15, -0.1) is 0 Å². The highest BCUT2D eigenvalue weighted by Gasteiger charge is 2.11. The smallest absolute Gasteiger partial charge is 0.189 e. The Morgan fingerprint density at radius 3 is 1.13 bits per heavy atom. The average Bonchev–Trinajstić information content (AvgIpc) is 3.37. The monoisotopic (exact) mass is 890 g/mol. The molecule has 9 nitrogen and oxygen atoms in total. The summed E-state index contributed by atoms with van der Waals surface area (Å²) in [6.07, 6.45) is 3.94. The van der Waals surface area contributed by atoms with Gasteiger partial charge in [-0.2, -0.15) is 0 Å². The van der Waals surface area contributed by atoms with E-state index in [-0.39, 0.29) is 28.6 Å². The molecule has 0 spiro atoms. The number of aromatic hydroxyl groups is 2. The number of hydrogen-bond acceptors (Lipinski definition) is 9. The van der Waals surface area contributed by atoms with Gasteiger partial charge in [0.2, 0.25) is 0 Å². The van der Waals surface area contributed by atoms with Crippen molar-refractivity contribution in [1.82, 2.24) is 0 Å². The quantitative estimate of drug-likeness (QED) is 0.0521. The third-order valence-electron chi connectivity index (χ3n) is 9.90. The van der Waals surface area contributed by atoms with Crippen LogP contribution in [0.25, 0.3) is 6.08 Å². The first kappa shape index (κ1) is 47.8. The summed E-state index contributed by atoms with van der Waals surface area (Å²) in [4.78, 5) is 34.2. The molecule has 0 unspecified atom stereocenters. The van der Waals surface area contributed by atoms with E-state index >= 15 is 0 Å². The zero-order valence-corrected chi connectivity index (χ0v) is 36.9. The van der Waals surface area contributed by atoms with Crippen LogP contribution >= 0.6 is 0 Å². The minimum Gasteiger partial charge on any atom is -0.507 e. The summed E-state index contributed by atoms with van der Waals surface area (Å²) in [5.74, 6) is 2.03. The molecule has 0 radical (unpaired) electrons. The number of hydrogen-bond donors (Lipinski definition) is 2. The van der Waals surface area contributed by atoms with Crippen molar-refractivity contribution >= 4 is 23.9 Å². The Hall–Kier alpha value is -8.69. The maximum atomic E-state index is 12.5. The first-order chi connectivity index (χ1) is 32.7. The maximum absolute atomic E-state index is 12.5. The molecular weight excluding hydrogens is 841 g/mol. The number of aldehydes is 1. The molecule has 336 valence electrons. The average molecular weight is 891 g/mol. The summed E-state index contributed by atoms with van der Waals surface area (Å²) < 4.78 is 23.8. The van der Waals surface area contributed by atoms with E-state index in [0.29, 0.717) is 60.6 Å². The highest BCUT2D eigenvalue weighted by atomic mass is 16.5. The molecule has 8 aromatic carbocycles. The van der Waals surface area contributed by atoms with Crippen LogP contribution in [0.15, 0.2) is 212 Å². The van der Waals surface area contributed by atoms with Crippen LogP contribution in [0.2, 0.25) is 0 Å². The van der Waals surface area contributed by atoms with E-state index in [0.717, 1.165) is 34.1 Å². The van der Waals surface area contributed by atoms with Crippen molar-refractivity contribution in [2.24, 2.45) is 0 Å². The van der Waals surface area contributed by atoms with Crippen molar-refractivity contribution in [3.63, 3.8) is 0 Å². The van der Waals surface area contributed by atoms with Crippen LogP contribution in [0.5, 0.6) is 34.5 Å². The molecule has 0 saturated heterocycles. The second kappa shape index (κ2) is 25.6. The van der Waals surface area contributed by atoms with Gasteiger partial charge in [-0.3, -0.25) is 14.4 Å². The maximum Gasteiger partial charge on any atom is 0.189 e. The number of ether oxygens (including phenoxy) is 4. The largest absolute Gasteiger partial charge is 0.507 e. The highest BCUT2D eigenvalue weighted by molar-refractivity contribution is 6.08. The molecule has 0 aliphatic heterocycles. The molecule has 0 fully saturated rings. The molecule has 0 aliphatic rings. The Morgan fingerprint density at radius 2 is 0.761 bits per heavy atom. The lowest BCUT2D eigenvalue weighted by molar-refractivity contribution is 0.101. The molecule has 2 N–H and O–H groups in total. The number of para-hydroxylation sites is 2. The molecule has 0 heterocycles. The van der Waals surface area contributed by atoms with Crippen LogP contribution in [0.1, 0.15) is 65.8 Å². The van der Waals surface area contributed by atoms with Gasteiger partial charge in [-0.1, -0.05) is 158 Å². The molecule has 9 heteroatoms. The molecule has 0 bridgehead atoms. The second-order valence-corrected chi connectivity index (χ2v) is 14.9. The number of phenols is 2. The number of phenolic OH excluding ortho intramolecular Hbond substituents is 2. The number of carbonyl (C=O) groups is 3. The summed E-state index contributed by atoms with van der Waals surface area (Å²) >= 11 is 0. The minimum atomic E-state index is -0.274. The molecule has 67 heavy (non-hydrogen) atoms. The Balaban J connectivity index is 0.000000189. The predicted molar refractivity (Wildman–Crippen MR) is 261 cm³/mol. The van der Waals surface area contributed by atoms with Crippen LogP contribution in [0, 0.1) is 0 Å². The Labute approximate surface area is 390 Å². The van der Waals surface area contributed by atoms with Crippen LogP contribution in [0.4, 0.5) is 0 Å². The molecule has 0 aliphatic carbocycles. The number of allylic oxidation sites excluding steroid dienone is 1. The first-order valence-corrected chi connectivity index (χ1v) is 21.4. The highest BCUT2D eigenvalue weighted by Crippen LogP contribution is 2.32. The van der Waals surface area contributed by atoms with E-state index in [9.17, 15) is 19.5 Å². The van der Waals surface area contributed by atoms with Gasteiger partial charge in [-0.05, 0) is 95.4 Å². The van der Waals surface area contributed by atoms with Crippen LogP contribution in [-0.2, 0) is 26.4 Å². The zero-order valence-electron chi connectivity index (χ0n) is 36.9. The second-order valence-electron chi connectivity index (χ2n) is 14.9. The van der Waals surface area contributed by atoms with E-state index in [2.05, 4.69) is 0 Å². The van der Waals surface area contributed by atoms with Gasteiger partial charge in [0.05, 0.1) is 11.1 Å². The normalized spacial score (nSPS) is 10.3. The lowest BCUT2D eigenvalue weighted by Gasteiger charge is -2.14. The number of ketones is 2. The van der Waals surface area contributed by atoms with Crippen LogP contribution in [-0.4, -0.2) is 28.1 Å². The number of benzene rings is 8. The van der Waals surface area contributed by atoms with Gasteiger partial charge in [0.25, 0.3) is 0 Å². The van der Waals surface area contributed by atoms with Gasteiger partial charge in [0.15, 0.2) is 34.6 Å². The van der Waals surface area contributed by atoms with Gasteiger partial charge < -0.3 is 29.2 Å². The molecule has 0 atom stereocenters. The zero-order chi connectivity index (χ0) is 47.1. The van der Waals surface area contributed by atoms with E-state index in [1.807, 2.05) is 140 Å². The van der Waals surface area contributed by atoms with Crippen LogP contribution in [0.3, 0.4) is 0 Å². The molecule has 0 saturated carbocycles. The number of Topliss-reactive ketones (excluding diaryl/α,β-unsaturated/α-hetero) is 1. The van der Waals surface area contributed by atoms with Crippen molar-refractivity contribution < 1.29 is 43.5 Å². The topological polar surface area (TPSA) is 129 Å². The standard InChI is InChI=1S/C29H24O4.C21H18O3.C8H8O2/c30-26-14-8-7-13-25(26)27(31)17-15-22-16-18-28(32-20-23-9-3-1-4-10-23)29(19-22)33-21-24-11-5-2-6-12-24;22-14-19-11-12-20(23-15-17-7-3-1-4-8-17)21(13-19)24-16-18-9-5-2-6-10-18;1-6(9)7-4-2-3-5-8(7)10/h1-19,30H,20-21H2;1-14H,15-16H2;2-5,10H,1H3/b17-15+;;. The summed E-state index contributed by atoms with van der Waals surface area (Å²) in [7, 11) is 0. The van der Waals surface area contributed by atoms with Crippen molar-refractivity contribution in [1.29, 1.82) is 0 Å². The Kier molecular flexibility index (Phi) is 18.2. The number of carbonyl (C=O) groups excluding carboxylic acids is 3. The summed E-state index contributed by atoms with van der Waals surface area (Å²) in [6, 6.07) is 63.4. The molecule has 0 amide bonds. The lowest BCUT2D eigenvalue weighted by atomic mass is 10.1. The third kappa shape index (κ3) is 15.5. The van der Waals surface area contributed by atoms with Crippen LogP contribution < -0.4 is 18.9 Å². The van der Waals surface area contributed by atoms with E-state index < -0.39 is 0 Å². The fourth-order valence-corrected chi connectivity index (χ4v) is 6.35. The Morgan fingerprint density at radius 1 is 0.418 bits per heavy atom. The van der Waals surface area contributed by atoms with Crippen molar-refractivity contribution in [3.05, 3.63) is 257 Å². The predicted octanol–water partition coefficient (Wildman–Crippen LogP) is 12.7. The van der Waals surface area contributed by atoms with Gasteiger partial charge >= 0.3 is 0 Å². The van der Waals surface area contributed by atoms with E-state index in [4.69, 9.17) is 24.1 Å². The summed E-state index contributed by atoms with van der Waals surface area (Å²) in [5.41, 5.74) is 6.22. The molecular formula is C58H50O9. The summed E-state index contributed by atoms with van der Waals surface area (Å²) in [5, 5.41) is 19.0. The molecule has 0 aromatic heterocycles. The third-order valence-corrected chi connectivity index (χ3v) is 9.90. The Bertz CT molecular complexity index is 2830. The lowest BCUT2D eigenvalue weighted by Crippen LogP contribution is -2.01. The SMILES string of the molecule is CC(=O)c1ccccc1O.O=C(/C=C/c1ccc(OCc2ccccc2)c(OCc2ccccc2)c1)c1ccccc1O.O=Cc1ccc(OCc2ccccc2)c(OCc2ccccc2)c1. The van der Waals surface area contributed by atoms with Crippen molar-refractivity contribution in [2.75, 3.05) is 0 Å². The molecule has 8 rings (SSSR count). The van der Waals surface area contributed by atoms with Crippen molar-refractivity contribution in [3.8, 4) is 34.5 Å². The van der Waals surface area contributed by atoms with E-state index in [1.165, 1.54) is 25.1 Å². The first-order valence-electron chi connectivity index (χ1n) is 21.4. The van der Waals surface area contributed by atoms with Gasteiger partial charge in [0, 0.05) is 5.56 Å². The summed E-state index contributed by atoms with van der Waals surface area (Å²) in [6.45, 7) is 3.11. The number of rotatable bonds is 17. The van der Waals surface area contributed by atoms with Gasteiger partial charge in [0.1, 0.15) is 44.2 Å². The van der Waals surface area contributed by atoms with Crippen molar-refractivity contribution in [2.45, 2.75) is 33.4 Å². The fourth-order valence-electron chi connectivity index (χ4n) is 6.35. The van der Waals surface area contributed by atoms with Gasteiger partial charge in [-0.25, -0.2) is 0 Å².